The number of hydrogen-bond acceptors (Lipinski definition) is 2. The van der Waals surface area contributed by atoms with Gasteiger partial charge in [-0.25, -0.2) is 0 Å². The first kappa shape index (κ1) is 9.59. The maximum absolute atomic E-state index is 9.74. The molecule has 2 heteroatoms. The molecule has 2 N–H and O–H groups in total. The van der Waals surface area contributed by atoms with E-state index in [1.54, 1.807) is 24.3 Å². The lowest BCUT2D eigenvalue weighted by molar-refractivity contribution is 0.432. The zero-order valence-corrected chi connectivity index (χ0v) is 8.27. The number of aliphatic hydroxyl groups excluding tert-OH is 1. The van der Waals surface area contributed by atoms with Gasteiger partial charge in [-0.05, 0) is 24.1 Å². The number of aromatic hydroxyl groups is 1. The Labute approximate surface area is 88.5 Å². The number of phenols is 1. The van der Waals surface area contributed by atoms with Gasteiger partial charge < -0.3 is 10.2 Å². The highest BCUT2D eigenvalue weighted by Crippen LogP contribution is 2.35. The average Bonchev–Trinajstić information content (AvgIpc) is 2.20. The topological polar surface area (TPSA) is 40.5 Å². The molecule has 0 unspecified atom stereocenters. The van der Waals surface area contributed by atoms with Crippen molar-refractivity contribution in [2.45, 2.75) is 6.42 Å². The maximum atomic E-state index is 9.74. The molecule has 0 radical (unpaired) electrons. The predicted octanol–water partition coefficient (Wildman–Crippen LogP) is 3.18. The second kappa shape index (κ2) is 3.65. The third-order valence-corrected chi connectivity index (χ3v) is 2.42. The minimum atomic E-state index is 0.160. The normalized spacial score (nSPS) is 15.9. The van der Waals surface area contributed by atoms with E-state index in [2.05, 4.69) is 6.58 Å². The minimum Gasteiger partial charge on any atom is -0.507 e. The first-order chi connectivity index (χ1) is 7.20. The lowest BCUT2D eigenvalue weighted by Crippen LogP contribution is -1.97. The average molecular weight is 200 g/mol. The lowest BCUT2D eigenvalue weighted by Gasteiger charge is -2.15. The number of benzene rings is 1. The molecule has 0 fully saturated rings. The summed E-state index contributed by atoms with van der Waals surface area (Å²) in [5.41, 5.74) is 2.08. The zero-order valence-electron chi connectivity index (χ0n) is 8.27. The molecule has 0 bridgehead atoms. The van der Waals surface area contributed by atoms with Crippen LogP contribution in [-0.4, -0.2) is 10.2 Å². The van der Waals surface area contributed by atoms with Crippen molar-refractivity contribution in [2.24, 2.45) is 0 Å². The number of aliphatic hydroxyl groups is 1. The number of allylic oxidation sites excluding steroid dienone is 4. The fourth-order valence-corrected chi connectivity index (χ4v) is 1.69. The van der Waals surface area contributed by atoms with E-state index in [0.717, 1.165) is 5.57 Å². The summed E-state index contributed by atoms with van der Waals surface area (Å²) in [6, 6.07) is 6.94. The van der Waals surface area contributed by atoms with E-state index in [9.17, 15) is 10.2 Å². The predicted molar refractivity (Wildman–Crippen MR) is 60.6 cm³/mol. The highest BCUT2D eigenvalue weighted by molar-refractivity contribution is 5.85. The maximum Gasteiger partial charge on any atom is 0.123 e. The molecular formula is C13H12O2. The molecule has 15 heavy (non-hydrogen) atoms. The Balaban J connectivity index is 2.59. The summed E-state index contributed by atoms with van der Waals surface area (Å²) < 4.78 is 0. The fraction of sp³-hybridized carbons (Fsp3) is 0.0769. The molecule has 1 aromatic rings. The van der Waals surface area contributed by atoms with Gasteiger partial charge in [0.15, 0.2) is 0 Å². The van der Waals surface area contributed by atoms with Gasteiger partial charge in [0.1, 0.15) is 11.5 Å². The third kappa shape index (κ3) is 1.66. The van der Waals surface area contributed by atoms with E-state index in [0.29, 0.717) is 17.6 Å². The minimum absolute atomic E-state index is 0.160. The van der Waals surface area contributed by atoms with Crippen LogP contribution in [-0.2, 0) is 0 Å². The number of phenolic OH excluding ortho intramolecular Hbond substituents is 1. The van der Waals surface area contributed by atoms with Crippen molar-refractivity contribution in [2.75, 3.05) is 0 Å². The van der Waals surface area contributed by atoms with Crippen LogP contribution in [0.2, 0.25) is 0 Å². The van der Waals surface area contributed by atoms with Gasteiger partial charge in [0.05, 0.1) is 0 Å². The van der Waals surface area contributed by atoms with Crippen molar-refractivity contribution in [3.8, 4) is 5.75 Å². The van der Waals surface area contributed by atoms with Crippen LogP contribution >= 0.6 is 0 Å². The molecule has 1 aliphatic carbocycles. The summed E-state index contributed by atoms with van der Waals surface area (Å²) in [5, 5.41) is 19.4. The first-order valence-corrected chi connectivity index (χ1v) is 4.76. The highest BCUT2D eigenvalue weighted by Gasteiger charge is 2.16. The van der Waals surface area contributed by atoms with Gasteiger partial charge in [0.25, 0.3) is 0 Å². The summed E-state index contributed by atoms with van der Waals surface area (Å²) in [6.45, 7) is 3.88. The fourth-order valence-electron chi connectivity index (χ4n) is 1.69. The molecular weight excluding hydrogens is 188 g/mol. The molecule has 76 valence electrons. The van der Waals surface area contributed by atoms with E-state index in [1.807, 2.05) is 12.1 Å². The monoisotopic (exact) mass is 200 g/mol. The van der Waals surface area contributed by atoms with Crippen LogP contribution in [0.1, 0.15) is 12.0 Å². The van der Waals surface area contributed by atoms with E-state index >= 15 is 0 Å². The SMILES string of the molecule is C=C1CC=CC(O)=C1c1ccccc1O. The number of para-hydroxylation sites is 1. The summed E-state index contributed by atoms with van der Waals surface area (Å²) in [5.74, 6) is 0.322. The highest BCUT2D eigenvalue weighted by atomic mass is 16.3. The molecule has 2 rings (SSSR count). The van der Waals surface area contributed by atoms with E-state index in [-0.39, 0.29) is 11.5 Å². The zero-order chi connectivity index (χ0) is 10.8. The summed E-state index contributed by atoms with van der Waals surface area (Å²) in [6.07, 6.45) is 4.19. The Morgan fingerprint density at radius 2 is 1.87 bits per heavy atom. The Bertz CT molecular complexity index is 467. The van der Waals surface area contributed by atoms with Crippen LogP contribution in [0.15, 0.2) is 54.3 Å². The van der Waals surface area contributed by atoms with E-state index in [1.165, 1.54) is 0 Å². The van der Waals surface area contributed by atoms with E-state index < -0.39 is 0 Å². The molecule has 0 heterocycles. The number of hydrogen-bond donors (Lipinski definition) is 2. The van der Waals surface area contributed by atoms with Gasteiger partial charge >= 0.3 is 0 Å². The Hall–Kier alpha value is -1.96. The van der Waals surface area contributed by atoms with Crippen molar-refractivity contribution in [1.29, 1.82) is 0 Å². The van der Waals surface area contributed by atoms with Gasteiger partial charge in [-0.2, -0.15) is 0 Å². The number of rotatable bonds is 1. The van der Waals surface area contributed by atoms with Gasteiger partial charge in [0.2, 0.25) is 0 Å². The lowest BCUT2D eigenvalue weighted by atomic mass is 9.91. The Kier molecular flexibility index (Phi) is 2.34. The van der Waals surface area contributed by atoms with Crippen molar-refractivity contribution >= 4 is 5.57 Å². The molecule has 0 atom stereocenters. The molecule has 1 aromatic carbocycles. The Morgan fingerprint density at radius 3 is 2.53 bits per heavy atom. The van der Waals surface area contributed by atoms with Crippen LogP contribution in [0.3, 0.4) is 0 Å². The smallest absolute Gasteiger partial charge is 0.123 e. The molecule has 0 saturated heterocycles. The van der Waals surface area contributed by atoms with Crippen molar-refractivity contribution < 1.29 is 10.2 Å². The molecule has 0 aromatic heterocycles. The second-order valence-electron chi connectivity index (χ2n) is 3.49. The molecule has 0 amide bonds. The summed E-state index contributed by atoms with van der Waals surface area (Å²) >= 11 is 0. The Morgan fingerprint density at radius 1 is 1.13 bits per heavy atom. The van der Waals surface area contributed by atoms with Crippen LogP contribution in [0.4, 0.5) is 0 Å². The largest absolute Gasteiger partial charge is 0.507 e. The van der Waals surface area contributed by atoms with Crippen molar-refractivity contribution in [1.82, 2.24) is 0 Å². The van der Waals surface area contributed by atoms with Crippen LogP contribution in [0, 0.1) is 0 Å². The summed E-state index contributed by atoms with van der Waals surface area (Å²) in [7, 11) is 0. The van der Waals surface area contributed by atoms with Crippen LogP contribution < -0.4 is 0 Å². The van der Waals surface area contributed by atoms with E-state index in [4.69, 9.17) is 0 Å². The molecule has 0 spiro atoms. The molecule has 2 nitrogen and oxygen atoms in total. The third-order valence-electron chi connectivity index (χ3n) is 2.42. The van der Waals surface area contributed by atoms with Gasteiger partial charge in [0, 0.05) is 11.1 Å². The van der Waals surface area contributed by atoms with Crippen molar-refractivity contribution in [3.63, 3.8) is 0 Å². The summed E-state index contributed by atoms with van der Waals surface area (Å²) in [4.78, 5) is 0. The molecule has 0 aliphatic heterocycles. The van der Waals surface area contributed by atoms with Crippen LogP contribution in [0.25, 0.3) is 5.57 Å². The van der Waals surface area contributed by atoms with Crippen molar-refractivity contribution in [3.05, 3.63) is 59.9 Å². The molecule has 0 saturated carbocycles. The molecule has 1 aliphatic rings. The van der Waals surface area contributed by atoms with Gasteiger partial charge in [-0.15, -0.1) is 0 Å². The van der Waals surface area contributed by atoms with Gasteiger partial charge in [-0.3, -0.25) is 0 Å². The quantitative estimate of drug-likeness (QED) is 0.731. The standard InChI is InChI=1S/C13H12O2/c1-9-5-4-8-12(15)13(9)10-6-2-3-7-11(10)14/h2-4,6-8,14-15H,1,5H2. The van der Waals surface area contributed by atoms with Crippen LogP contribution in [0.5, 0.6) is 5.75 Å². The second-order valence-corrected chi connectivity index (χ2v) is 3.49. The van der Waals surface area contributed by atoms with Gasteiger partial charge in [-0.1, -0.05) is 30.9 Å². The first-order valence-electron chi connectivity index (χ1n) is 4.76.